The van der Waals surface area contributed by atoms with Crippen LogP contribution in [0.3, 0.4) is 0 Å². The van der Waals surface area contributed by atoms with E-state index in [0.29, 0.717) is 17.2 Å². The number of methoxy groups -OCH3 is 3. The van der Waals surface area contributed by atoms with Crippen molar-refractivity contribution in [3.63, 3.8) is 0 Å². The smallest absolute Gasteiger partial charge is 0.203 e. The van der Waals surface area contributed by atoms with E-state index in [-0.39, 0.29) is 0 Å². The Morgan fingerprint density at radius 1 is 1.00 bits per heavy atom. The molecule has 0 atom stereocenters. The van der Waals surface area contributed by atoms with E-state index >= 15 is 0 Å². The molecule has 0 aliphatic carbocycles. The van der Waals surface area contributed by atoms with Gasteiger partial charge in [-0.15, -0.1) is 11.3 Å². The lowest BCUT2D eigenvalue weighted by Gasteiger charge is -2.16. The van der Waals surface area contributed by atoms with Crippen molar-refractivity contribution in [2.75, 3.05) is 41.0 Å². The first-order valence-corrected chi connectivity index (χ1v) is 9.93. The van der Waals surface area contributed by atoms with Crippen LogP contribution in [0.1, 0.15) is 17.4 Å². The van der Waals surface area contributed by atoms with Gasteiger partial charge in [0.25, 0.3) is 0 Å². The summed E-state index contributed by atoms with van der Waals surface area (Å²) in [6, 6.07) is 8.12. The molecule has 0 unspecified atom stereocenters. The Kier molecular flexibility index (Phi) is 8.77. The quantitative estimate of drug-likeness (QED) is 0.481. The van der Waals surface area contributed by atoms with Gasteiger partial charge in [-0.3, -0.25) is 4.99 Å². The second kappa shape index (κ2) is 11.3. The zero-order valence-electron chi connectivity index (χ0n) is 16.5. The summed E-state index contributed by atoms with van der Waals surface area (Å²) in [5.74, 6) is 2.82. The summed E-state index contributed by atoms with van der Waals surface area (Å²) in [5.41, 5.74) is 1.05. The van der Waals surface area contributed by atoms with Crippen LogP contribution in [0.2, 0.25) is 0 Å². The summed E-state index contributed by atoms with van der Waals surface area (Å²) in [6.45, 7) is 4.38. The van der Waals surface area contributed by atoms with Crippen molar-refractivity contribution in [3.05, 3.63) is 40.1 Å². The fourth-order valence-electron chi connectivity index (χ4n) is 2.75. The molecule has 0 aliphatic heterocycles. The number of benzene rings is 1. The Morgan fingerprint density at radius 2 is 1.81 bits per heavy atom. The van der Waals surface area contributed by atoms with Gasteiger partial charge in [-0.1, -0.05) is 12.1 Å². The second-order valence-electron chi connectivity index (χ2n) is 5.76. The van der Waals surface area contributed by atoms with E-state index < -0.39 is 0 Å². The first-order valence-electron chi connectivity index (χ1n) is 9.05. The summed E-state index contributed by atoms with van der Waals surface area (Å²) >= 11 is 1.77. The van der Waals surface area contributed by atoms with Crippen molar-refractivity contribution in [1.82, 2.24) is 10.6 Å². The Morgan fingerprint density at radius 3 is 2.44 bits per heavy atom. The first-order chi connectivity index (χ1) is 13.2. The summed E-state index contributed by atoms with van der Waals surface area (Å²) < 4.78 is 16.3. The third-order valence-electron chi connectivity index (χ3n) is 4.02. The second-order valence-corrected chi connectivity index (χ2v) is 6.79. The fourth-order valence-corrected chi connectivity index (χ4v) is 3.45. The minimum absolute atomic E-state index is 0.619. The fraction of sp³-hybridized carbons (Fsp3) is 0.450. The molecule has 6 nitrogen and oxygen atoms in total. The Labute approximate surface area is 165 Å². The van der Waals surface area contributed by atoms with Crippen molar-refractivity contribution in [3.8, 4) is 17.2 Å². The summed E-state index contributed by atoms with van der Waals surface area (Å²) in [4.78, 5) is 6.00. The van der Waals surface area contributed by atoms with E-state index in [0.717, 1.165) is 44.0 Å². The maximum Gasteiger partial charge on any atom is 0.203 e. The maximum atomic E-state index is 5.54. The third kappa shape index (κ3) is 6.06. The number of aliphatic imine (C=N–C) groups is 1. The molecule has 0 radical (unpaired) electrons. The molecule has 1 heterocycles. The van der Waals surface area contributed by atoms with Gasteiger partial charge in [0.2, 0.25) is 5.75 Å². The summed E-state index contributed by atoms with van der Waals surface area (Å²) in [6.07, 6.45) is 1.73. The summed E-state index contributed by atoms with van der Waals surface area (Å²) in [5, 5.41) is 8.76. The molecule has 1 aromatic carbocycles. The van der Waals surface area contributed by atoms with Crippen LogP contribution in [0, 0.1) is 0 Å². The van der Waals surface area contributed by atoms with Gasteiger partial charge in [-0.05, 0) is 30.9 Å². The molecule has 148 valence electrons. The molecule has 2 rings (SSSR count). The van der Waals surface area contributed by atoms with Gasteiger partial charge in [-0.25, -0.2) is 0 Å². The SMILES string of the molecule is CCNC(=NCCc1cccs1)NCCc1ccc(OC)c(OC)c1OC. The van der Waals surface area contributed by atoms with Gasteiger partial charge >= 0.3 is 0 Å². The number of hydrogen-bond acceptors (Lipinski definition) is 5. The van der Waals surface area contributed by atoms with Gasteiger partial charge in [0.05, 0.1) is 21.3 Å². The van der Waals surface area contributed by atoms with Crippen molar-refractivity contribution in [1.29, 1.82) is 0 Å². The zero-order valence-corrected chi connectivity index (χ0v) is 17.3. The molecule has 0 aliphatic rings. The van der Waals surface area contributed by atoms with Gasteiger partial charge in [0.1, 0.15) is 0 Å². The largest absolute Gasteiger partial charge is 0.493 e. The lowest BCUT2D eigenvalue weighted by atomic mass is 10.1. The molecule has 27 heavy (non-hydrogen) atoms. The molecule has 0 fully saturated rings. The topological polar surface area (TPSA) is 64.1 Å². The van der Waals surface area contributed by atoms with Crippen LogP contribution >= 0.6 is 11.3 Å². The normalized spacial score (nSPS) is 11.2. The van der Waals surface area contributed by atoms with Crippen LogP contribution in [-0.4, -0.2) is 46.9 Å². The standard InChI is InChI=1S/C20H29N3O3S/c1-5-21-20(23-13-11-16-7-6-14-27-16)22-12-10-15-8-9-17(24-2)19(26-4)18(15)25-3/h6-9,14H,5,10-13H2,1-4H3,(H2,21,22,23). The monoisotopic (exact) mass is 391 g/mol. The first kappa shape index (κ1) is 20.9. The number of nitrogens with zero attached hydrogens (tertiary/aromatic N) is 1. The van der Waals surface area contributed by atoms with E-state index in [9.17, 15) is 0 Å². The average molecular weight is 392 g/mol. The average Bonchev–Trinajstić information content (AvgIpc) is 3.20. The molecule has 2 N–H and O–H groups in total. The van der Waals surface area contributed by atoms with Crippen LogP contribution in [0.5, 0.6) is 17.2 Å². The molecular formula is C20H29N3O3S. The minimum Gasteiger partial charge on any atom is -0.493 e. The number of hydrogen-bond donors (Lipinski definition) is 2. The molecule has 1 aromatic heterocycles. The van der Waals surface area contributed by atoms with E-state index in [4.69, 9.17) is 14.2 Å². The van der Waals surface area contributed by atoms with Crippen molar-refractivity contribution < 1.29 is 14.2 Å². The maximum absolute atomic E-state index is 5.54. The highest BCUT2D eigenvalue weighted by molar-refractivity contribution is 7.09. The van der Waals surface area contributed by atoms with Crippen molar-refractivity contribution >= 4 is 17.3 Å². The Bertz CT molecular complexity index is 718. The number of ether oxygens (including phenoxy) is 3. The lowest BCUT2D eigenvalue weighted by molar-refractivity contribution is 0.322. The van der Waals surface area contributed by atoms with Crippen LogP contribution in [0.15, 0.2) is 34.6 Å². The van der Waals surface area contributed by atoms with Crippen LogP contribution in [0.25, 0.3) is 0 Å². The van der Waals surface area contributed by atoms with Gasteiger partial charge in [0.15, 0.2) is 17.5 Å². The van der Waals surface area contributed by atoms with Crippen LogP contribution in [0.4, 0.5) is 0 Å². The van der Waals surface area contributed by atoms with E-state index in [1.165, 1.54) is 4.88 Å². The highest BCUT2D eigenvalue weighted by Crippen LogP contribution is 2.39. The molecule has 0 spiro atoms. The number of thiophene rings is 1. The zero-order chi connectivity index (χ0) is 19.5. The predicted molar refractivity (Wildman–Crippen MR) is 112 cm³/mol. The van der Waals surface area contributed by atoms with E-state index in [2.05, 4.69) is 40.1 Å². The van der Waals surface area contributed by atoms with Gasteiger partial charge in [0, 0.05) is 36.5 Å². The Hall–Kier alpha value is -2.41. The predicted octanol–water partition coefficient (Wildman–Crippen LogP) is 3.11. The van der Waals surface area contributed by atoms with Gasteiger partial charge in [-0.2, -0.15) is 0 Å². The van der Waals surface area contributed by atoms with E-state index in [1.54, 1.807) is 32.7 Å². The van der Waals surface area contributed by atoms with Crippen molar-refractivity contribution in [2.24, 2.45) is 4.99 Å². The third-order valence-corrected chi connectivity index (χ3v) is 4.96. The molecule has 0 saturated carbocycles. The molecule has 0 bridgehead atoms. The molecule has 0 amide bonds. The van der Waals surface area contributed by atoms with Crippen LogP contribution < -0.4 is 24.8 Å². The molecule has 7 heteroatoms. The molecule has 0 saturated heterocycles. The number of rotatable bonds is 10. The summed E-state index contributed by atoms with van der Waals surface area (Å²) in [7, 11) is 4.88. The van der Waals surface area contributed by atoms with E-state index in [1.807, 2.05) is 12.1 Å². The van der Waals surface area contributed by atoms with Crippen LogP contribution in [-0.2, 0) is 12.8 Å². The minimum atomic E-state index is 0.619. The highest BCUT2D eigenvalue weighted by atomic mass is 32.1. The molecule has 2 aromatic rings. The highest BCUT2D eigenvalue weighted by Gasteiger charge is 2.15. The number of guanidine groups is 1. The Balaban J connectivity index is 1.95. The number of nitrogens with one attached hydrogen (secondary N) is 2. The lowest BCUT2D eigenvalue weighted by Crippen LogP contribution is -2.38. The van der Waals surface area contributed by atoms with Gasteiger partial charge < -0.3 is 24.8 Å². The van der Waals surface area contributed by atoms with Crippen molar-refractivity contribution in [2.45, 2.75) is 19.8 Å². The molecular weight excluding hydrogens is 362 g/mol.